The van der Waals surface area contributed by atoms with E-state index in [0.717, 1.165) is 39.8 Å². The number of nitrogens with zero attached hydrogens (tertiary/aromatic N) is 1. The van der Waals surface area contributed by atoms with E-state index in [2.05, 4.69) is 4.57 Å². The van der Waals surface area contributed by atoms with Gasteiger partial charge in [-0.2, -0.15) is 0 Å². The standard InChI is InChI=1S/C23H26N2O4/c1-15-20(23(24)26)14-21(16-6-5-7-18(12-16)27-2)25(15)11-10-17-13-19(28-3)8-9-22(17)29-4/h5-9,12-14H,10-11H2,1-4H3,(H2,24,26). The third-order valence-corrected chi connectivity index (χ3v) is 5.09. The number of nitrogens with two attached hydrogens (primary N) is 1. The second-order valence-electron chi connectivity index (χ2n) is 6.70. The smallest absolute Gasteiger partial charge is 0.250 e. The highest BCUT2D eigenvalue weighted by molar-refractivity contribution is 5.95. The molecule has 1 amide bonds. The molecule has 2 aromatic carbocycles. The number of rotatable bonds is 8. The molecule has 6 nitrogen and oxygen atoms in total. The Morgan fingerprint density at radius 3 is 2.34 bits per heavy atom. The van der Waals surface area contributed by atoms with E-state index in [-0.39, 0.29) is 0 Å². The molecule has 152 valence electrons. The summed E-state index contributed by atoms with van der Waals surface area (Å²) < 4.78 is 18.3. The summed E-state index contributed by atoms with van der Waals surface area (Å²) in [6.07, 6.45) is 0.699. The van der Waals surface area contributed by atoms with Crippen molar-refractivity contribution in [3.63, 3.8) is 0 Å². The molecular formula is C23H26N2O4. The van der Waals surface area contributed by atoms with Gasteiger partial charge in [0.2, 0.25) is 0 Å². The molecular weight excluding hydrogens is 368 g/mol. The van der Waals surface area contributed by atoms with Crippen LogP contribution in [-0.4, -0.2) is 31.8 Å². The van der Waals surface area contributed by atoms with E-state index in [1.54, 1.807) is 21.3 Å². The highest BCUT2D eigenvalue weighted by Gasteiger charge is 2.18. The van der Waals surface area contributed by atoms with Gasteiger partial charge < -0.3 is 24.5 Å². The topological polar surface area (TPSA) is 75.7 Å². The normalized spacial score (nSPS) is 10.6. The van der Waals surface area contributed by atoms with Gasteiger partial charge in [0.05, 0.1) is 26.9 Å². The maximum atomic E-state index is 11.9. The monoisotopic (exact) mass is 394 g/mol. The van der Waals surface area contributed by atoms with Gasteiger partial charge in [0, 0.05) is 23.5 Å². The summed E-state index contributed by atoms with van der Waals surface area (Å²) in [7, 11) is 4.92. The number of primary amides is 1. The Balaban J connectivity index is 2.01. The molecule has 0 fully saturated rings. The Bertz CT molecular complexity index is 1020. The van der Waals surface area contributed by atoms with Gasteiger partial charge in [-0.05, 0) is 55.3 Å². The fourth-order valence-corrected chi connectivity index (χ4v) is 3.51. The number of carbonyl (C=O) groups is 1. The van der Waals surface area contributed by atoms with Crippen LogP contribution in [-0.2, 0) is 13.0 Å². The Kier molecular flexibility index (Phi) is 6.12. The van der Waals surface area contributed by atoms with Crippen molar-refractivity contribution in [1.82, 2.24) is 4.57 Å². The van der Waals surface area contributed by atoms with Crippen LogP contribution >= 0.6 is 0 Å². The van der Waals surface area contributed by atoms with Gasteiger partial charge in [-0.3, -0.25) is 4.79 Å². The van der Waals surface area contributed by atoms with E-state index in [0.29, 0.717) is 18.5 Å². The number of aromatic nitrogens is 1. The Morgan fingerprint density at radius 1 is 0.966 bits per heavy atom. The Morgan fingerprint density at radius 2 is 1.69 bits per heavy atom. The lowest BCUT2D eigenvalue weighted by Crippen LogP contribution is -2.13. The summed E-state index contributed by atoms with van der Waals surface area (Å²) in [5, 5.41) is 0. The van der Waals surface area contributed by atoms with Crippen LogP contribution in [0.5, 0.6) is 17.2 Å². The minimum atomic E-state index is -0.440. The molecule has 29 heavy (non-hydrogen) atoms. The molecule has 2 N–H and O–H groups in total. The molecule has 0 saturated heterocycles. The highest BCUT2D eigenvalue weighted by Crippen LogP contribution is 2.30. The van der Waals surface area contributed by atoms with Crippen LogP contribution in [0, 0.1) is 6.92 Å². The van der Waals surface area contributed by atoms with Gasteiger partial charge in [-0.15, -0.1) is 0 Å². The SMILES string of the molecule is COc1cccc(-c2cc(C(N)=O)c(C)n2CCc2cc(OC)ccc2OC)c1. The molecule has 6 heteroatoms. The number of hydrogen-bond donors (Lipinski definition) is 1. The zero-order valence-corrected chi connectivity index (χ0v) is 17.2. The van der Waals surface area contributed by atoms with E-state index in [1.165, 1.54) is 0 Å². The van der Waals surface area contributed by atoms with Gasteiger partial charge >= 0.3 is 0 Å². The van der Waals surface area contributed by atoms with Gasteiger partial charge in [0.1, 0.15) is 17.2 Å². The van der Waals surface area contributed by atoms with E-state index >= 15 is 0 Å². The van der Waals surface area contributed by atoms with Crippen molar-refractivity contribution in [2.75, 3.05) is 21.3 Å². The fraction of sp³-hybridized carbons (Fsp3) is 0.261. The van der Waals surface area contributed by atoms with Crippen LogP contribution in [0.25, 0.3) is 11.3 Å². The average Bonchev–Trinajstić information content (AvgIpc) is 3.08. The van der Waals surface area contributed by atoms with Crippen LogP contribution in [0.3, 0.4) is 0 Å². The molecule has 3 rings (SSSR count). The van der Waals surface area contributed by atoms with Crippen molar-refractivity contribution >= 4 is 5.91 Å². The van der Waals surface area contributed by atoms with Crippen molar-refractivity contribution < 1.29 is 19.0 Å². The molecule has 0 atom stereocenters. The van der Waals surface area contributed by atoms with Crippen molar-refractivity contribution in [1.29, 1.82) is 0 Å². The quantitative estimate of drug-likeness (QED) is 0.630. The molecule has 0 aliphatic rings. The number of methoxy groups -OCH3 is 3. The number of hydrogen-bond acceptors (Lipinski definition) is 4. The lowest BCUT2D eigenvalue weighted by molar-refractivity contribution is 0.0999. The first-order valence-corrected chi connectivity index (χ1v) is 9.33. The lowest BCUT2D eigenvalue weighted by Gasteiger charge is -2.15. The molecule has 1 aromatic heterocycles. The maximum Gasteiger partial charge on any atom is 0.250 e. The number of benzene rings is 2. The minimum absolute atomic E-state index is 0.440. The summed E-state index contributed by atoms with van der Waals surface area (Å²) in [5.41, 5.74) is 9.85. The molecule has 0 spiro atoms. The third-order valence-electron chi connectivity index (χ3n) is 5.09. The number of aryl methyl sites for hydroxylation is 1. The first-order valence-electron chi connectivity index (χ1n) is 9.33. The average molecular weight is 394 g/mol. The first-order chi connectivity index (χ1) is 14.0. The van der Waals surface area contributed by atoms with Gasteiger partial charge in [0.15, 0.2) is 0 Å². The molecule has 0 saturated carbocycles. The Labute approximate surface area is 170 Å². The number of ether oxygens (including phenoxy) is 3. The Hall–Kier alpha value is -3.41. The van der Waals surface area contributed by atoms with Gasteiger partial charge in [0.25, 0.3) is 5.91 Å². The molecule has 0 aliphatic carbocycles. The number of carbonyl (C=O) groups excluding carboxylic acids is 1. The van der Waals surface area contributed by atoms with E-state index in [4.69, 9.17) is 19.9 Å². The van der Waals surface area contributed by atoms with Crippen LogP contribution in [0.2, 0.25) is 0 Å². The summed E-state index contributed by atoms with van der Waals surface area (Å²) in [6, 6.07) is 15.3. The van der Waals surface area contributed by atoms with Gasteiger partial charge in [-0.25, -0.2) is 0 Å². The zero-order chi connectivity index (χ0) is 21.0. The summed E-state index contributed by atoms with van der Waals surface area (Å²) in [5.74, 6) is 1.89. The zero-order valence-electron chi connectivity index (χ0n) is 17.2. The van der Waals surface area contributed by atoms with Crippen molar-refractivity contribution in [3.05, 3.63) is 65.4 Å². The van der Waals surface area contributed by atoms with Crippen molar-refractivity contribution in [2.45, 2.75) is 19.9 Å². The molecule has 3 aromatic rings. The van der Waals surface area contributed by atoms with Crippen LogP contribution in [0.1, 0.15) is 21.6 Å². The minimum Gasteiger partial charge on any atom is -0.497 e. The van der Waals surface area contributed by atoms with Crippen LogP contribution in [0.4, 0.5) is 0 Å². The summed E-state index contributed by atoms with van der Waals surface area (Å²) in [4.78, 5) is 11.9. The van der Waals surface area contributed by atoms with Crippen molar-refractivity contribution in [2.24, 2.45) is 5.73 Å². The third kappa shape index (κ3) is 4.21. The molecule has 1 heterocycles. The van der Waals surface area contributed by atoms with Crippen LogP contribution in [0.15, 0.2) is 48.5 Å². The highest BCUT2D eigenvalue weighted by atomic mass is 16.5. The lowest BCUT2D eigenvalue weighted by atomic mass is 10.1. The van der Waals surface area contributed by atoms with Crippen LogP contribution < -0.4 is 19.9 Å². The second kappa shape index (κ2) is 8.73. The summed E-state index contributed by atoms with van der Waals surface area (Å²) >= 11 is 0. The van der Waals surface area contributed by atoms with Gasteiger partial charge in [-0.1, -0.05) is 12.1 Å². The van der Waals surface area contributed by atoms with Crippen molar-refractivity contribution in [3.8, 4) is 28.5 Å². The summed E-state index contributed by atoms with van der Waals surface area (Å²) in [6.45, 7) is 2.56. The first kappa shape index (κ1) is 20.3. The van der Waals surface area contributed by atoms with E-state index in [1.807, 2.05) is 55.5 Å². The predicted octanol–water partition coefficient (Wildman–Crippen LogP) is 3.83. The molecule has 0 bridgehead atoms. The molecule has 0 aliphatic heterocycles. The maximum absolute atomic E-state index is 11.9. The number of amides is 1. The van der Waals surface area contributed by atoms with E-state index in [9.17, 15) is 4.79 Å². The molecule has 0 radical (unpaired) electrons. The molecule has 0 unspecified atom stereocenters. The predicted molar refractivity (Wildman–Crippen MR) is 113 cm³/mol. The largest absolute Gasteiger partial charge is 0.497 e. The second-order valence-corrected chi connectivity index (χ2v) is 6.70. The fourth-order valence-electron chi connectivity index (χ4n) is 3.51. The van der Waals surface area contributed by atoms with E-state index < -0.39 is 5.91 Å².